The average molecular weight is 673 g/mol. The van der Waals surface area contributed by atoms with Gasteiger partial charge in [0.1, 0.15) is 22.8 Å². The van der Waals surface area contributed by atoms with Crippen LogP contribution in [0.1, 0.15) is 61.0 Å². The summed E-state index contributed by atoms with van der Waals surface area (Å²) in [6.45, 7) is 6.69. The molecule has 12 heteroatoms. The predicted molar refractivity (Wildman–Crippen MR) is 175 cm³/mol. The lowest BCUT2D eigenvalue weighted by Gasteiger charge is -2.37. The van der Waals surface area contributed by atoms with E-state index in [9.17, 15) is 14.9 Å². The van der Waals surface area contributed by atoms with Gasteiger partial charge in [0.2, 0.25) is 5.91 Å². The summed E-state index contributed by atoms with van der Waals surface area (Å²) >= 11 is 12.3. The first-order valence-electron chi connectivity index (χ1n) is 14.8. The smallest absolute Gasteiger partial charge is 0.251 e. The molecule has 3 aromatic carbocycles. The maximum Gasteiger partial charge on any atom is 0.251 e. The summed E-state index contributed by atoms with van der Waals surface area (Å²) < 4.78 is 37.2. The van der Waals surface area contributed by atoms with E-state index in [4.69, 9.17) is 33.7 Å². The lowest BCUT2D eigenvalue weighted by molar-refractivity contribution is -0.118. The van der Waals surface area contributed by atoms with Gasteiger partial charge in [0.15, 0.2) is 0 Å². The van der Waals surface area contributed by atoms with Crippen LogP contribution in [-0.2, 0) is 10.2 Å². The van der Waals surface area contributed by atoms with Crippen LogP contribution in [0.25, 0.3) is 0 Å². The molecule has 2 amide bonds. The molecule has 0 spiro atoms. The fourth-order valence-electron chi connectivity index (χ4n) is 6.11. The summed E-state index contributed by atoms with van der Waals surface area (Å²) in [5.41, 5.74) is 3.83. The molecule has 0 aromatic heterocycles. The number of hydrogen-bond acceptors (Lipinski definition) is 6. The highest BCUT2D eigenvalue weighted by atomic mass is 35.5. The molecular weight excluding hydrogens is 635 g/mol. The zero-order valence-electron chi connectivity index (χ0n) is 26.0. The molecule has 46 heavy (non-hydrogen) atoms. The second-order valence-electron chi connectivity index (χ2n) is 12.5. The van der Waals surface area contributed by atoms with Gasteiger partial charge in [-0.3, -0.25) is 9.59 Å². The Morgan fingerprint density at radius 1 is 1.13 bits per heavy atom. The Morgan fingerprint density at radius 3 is 2.50 bits per heavy atom. The molecular formula is C34H37Cl2F2N5O3. The van der Waals surface area contributed by atoms with Crippen LogP contribution in [-0.4, -0.2) is 44.1 Å². The molecule has 1 aliphatic rings. The van der Waals surface area contributed by atoms with Gasteiger partial charge in [-0.25, -0.2) is 8.78 Å². The number of benzene rings is 3. The van der Waals surface area contributed by atoms with E-state index in [0.717, 1.165) is 6.07 Å². The summed E-state index contributed by atoms with van der Waals surface area (Å²) in [5, 5.41) is 19.8. The van der Waals surface area contributed by atoms with Crippen molar-refractivity contribution >= 4 is 40.7 Å². The predicted octanol–water partition coefficient (Wildman–Crippen LogP) is 6.32. The molecule has 244 valence electrons. The third-order valence-corrected chi connectivity index (χ3v) is 8.65. The molecule has 1 heterocycles. The number of nitrogens with two attached hydrogens (primary N) is 1. The van der Waals surface area contributed by atoms with E-state index >= 15 is 8.78 Å². The molecule has 0 saturated carbocycles. The van der Waals surface area contributed by atoms with Gasteiger partial charge >= 0.3 is 0 Å². The number of ether oxygens (including phenoxy) is 1. The number of nitrogens with zero attached hydrogens (tertiary/aromatic N) is 1. The zero-order valence-corrected chi connectivity index (χ0v) is 27.5. The van der Waals surface area contributed by atoms with Gasteiger partial charge in [-0.1, -0.05) is 62.2 Å². The Labute approximate surface area is 277 Å². The Bertz CT molecular complexity index is 1660. The Morgan fingerprint density at radius 2 is 1.87 bits per heavy atom. The summed E-state index contributed by atoms with van der Waals surface area (Å²) in [6, 6.07) is 13.1. The van der Waals surface area contributed by atoms with Crippen molar-refractivity contribution in [2.75, 3.05) is 25.5 Å². The molecule has 1 aliphatic heterocycles. The number of methoxy groups -OCH3 is 1. The van der Waals surface area contributed by atoms with Crippen LogP contribution in [0.15, 0.2) is 54.6 Å². The van der Waals surface area contributed by atoms with E-state index in [1.54, 1.807) is 0 Å². The topological polar surface area (TPSA) is 129 Å². The molecule has 4 unspecified atom stereocenters. The lowest BCUT2D eigenvalue weighted by Crippen LogP contribution is -2.45. The van der Waals surface area contributed by atoms with Gasteiger partial charge < -0.3 is 26.4 Å². The molecule has 4 atom stereocenters. The van der Waals surface area contributed by atoms with Crippen LogP contribution in [0.5, 0.6) is 5.75 Å². The van der Waals surface area contributed by atoms with Gasteiger partial charge in [0, 0.05) is 34.7 Å². The van der Waals surface area contributed by atoms with E-state index in [-0.39, 0.29) is 38.5 Å². The number of anilines is 1. The number of nitrogens with one attached hydrogen (secondary N) is 3. The zero-order chi connectivity index (χ0) is 33.8. The van der Waals surface area contributed by atoms with Crippen molar-refractivity contribution in [3.8, 4) is 11.8 Å². The van der Waals surface area contributed by atoms with Gasteiger partial charge in [-0.15, -0.1) is 0 Å². The number of hydrogen-bond donors (Lipinski definition) is 4. The van der Waals surface area contributed by atoms with Crippen LogP contribution in [0.3, 0.4) is 0 Å². The normalized spacial score (nSPS) is 21.0. The molecule has 5 N–H and O–H groups in total. The third kappa shape index (κ3) is 7.13. The van der Waals surface area contributed by atoms with Crippen molar-refractivity contribution in [2.45, 2.75) is 57.0 Å². The minimum Gasteiger partial charge on any atom is -0.495 e. The molecule has 1 fully saturated rings. The van der Waals surface area contributed by atoms with Gasteiger partial charge in [0.25, 0.3) is 5.91 Å². The van der Waals surface area contributed by atoms with Crippen molar-refractivity contribution in [3.63, 3.8) is 0 Å². The van der Waals surface area contributed by atoms with Crippen molar-refractivity contribution < 1.29 is 23.1 Å². The van der Waals surface area contributed by atoms with Crippen LogP contribution in [0.4, 0.5) is 14.5 Å². The van der Waals surface area contributed by atoms with Crippen molar-refractivity contribution in [1.29, 1.82) is 5.26 Å². The van der Waals surface area contributed by atoms with Crippen LogP contribution in [0.2, 0.25) is 10.0 Å². The summed E-state index contributed by atoms with van der Waals surface area (Å²) in [6.07, 6.45) is 0.933. The van der Waals surface area contributed by atoms with Crippen molar-refractivity contribution in [2.24, 2.45) is 11.1 Å². The van der Waals surface area contributed by atoms with Gasteiger partial charge in [-0.05, 0) is 66.8 Å². The Hall–Kier alpha value is -3.75. The summed E-state index contributed by atoms with van der Waals surface area (Å²) in [4.78, 5) is 26.8. The van der Waals surface area contributed by atoms with Gasteiger partial charge in [0.05, 0.1) is 29.9 Å². The number of carbonyl (C=O) groups excluding carboxylic acids is 2. The Balaban J connectivity index is 1.85. The standard InChI is InChI=1S/C34H37Cl2F2N5O3/c1-33(2,3)17-27-34(18-40,22-11-10-20(35)16-24(22)37)28(21-7-5-8-23(36)29(21)38)30(43-27)32(45)42-25-12-9-19(15-26(25)46-4)31(44)41-14-6-13-39/h5,7-12,15-16,27-28,30,43H,6,13-14,17,39H2,1-4H3,(H,41,44)(H,42,45). The summed E-state index contributed by atoms with van der Waals surface area (Å²) in [5.74, 6) is -3.59. The van der Waals surface area contributed by atoms with Crippen LogP contribution >= 0.6 is 23.2 Å². The van der Waals surface area contributed by atoms with E-state index in [2.05, 4.69) is 22.0 Å². The Kier molecular flexibility index (Phi) is 11.0. The number of amides is 2. The average Bonchev–Trinajstić information content (AvgIpc) is 3.31. The highest BCUT2D eigenvalue weighted by Gasteiger charge is 2.61. The molecule has 8 nitrogen and oxygen atoms in total. The minimum absolute atomic E-state index is 0.0241. The van der Waals surface area contributed by atoms with E-state index in [0.29, 0.717) is 31.5 Å². The van der Waals surface area contributed by atoms with E-state index < -0.39 is 46.4 Å². The van der Waals surface area contributed by atoms with Crippen LogP contribution < -0.4 is 26.4 Å². The number of nitriles is 1. The molecule has 0 aliphatic carbocycles. The first-order chi connectivity index (χ1) is 21.8. The van der Waals surface area contributed by atoms with E-state index in [1.807, 2.05) is 20.8 Å². The maximum atomic E-state index is 15.9. The fourth-order valence-corrected chi connectivity index (χ4v) is 6.45. The van der Waals surface area contributed by atoms with Crippen molar-refractivity contribution in [3.05, 3.63) is 93.0 Å². The minimum atomic E-state index is -1.77. The molecule has 4 rings (SSSR count). The monoisotopic (exact) mass is 671 g/mol. The molecule has 0 bridgehead atoms. The molecule has 3 aromatic rings. The lowest BCUT2D eigenvalue weighted by atomic mass is 9.62. The second-order valence-corrected chi connectivity index (χ2v) is 13.3. The van der Waals surface area contributed by atoms with Gasteiger partial charge in [-0.2, -0.15) is 5.26 Å². The number of carbonyl (C=O) groups is 2. The fraction of sp³-hybridized carbons (Fsp3) is 0.382. The van der Waals surface area contributed by atoms with Crippen molar-refractivity contribution in [1.82, 2.24) is 10.6 Å². The molecule has 0 radical (unpaired) electrons. The summed E-state index contributed by atoms with van der Waals surface area (Å²) in [7, 11) is 1.39. The maximum absolute atomic E-state index is 15.9. The quantitative estimate of drug-likeness (QED) is 0.187. The highest BCUT2D eigenvalue weighted by Crippen LogP contribution is 2.53. The first kappa shape index (κ1) is 35.1. The second kappa shape index (κ2) is 14.3. The number of rotatable bonds is 10. The van der Waals surface area contributed by atoms with Crippen LogP contribution in [0, 0.1) is 28.4 Å². The SMILES string of the molecule is COc1cc(C(=O)NCCCN)ccc1NC(=O)C1NC(CC(C)(C)C)C(C#N)(c2ccc(Cl)cc2F)C1c1cccc(Cl)c1F. The largest absolute Gasteiger partial charge is 0.495 e. The van der Waals surface area contributed by atoms with E-state index in [1.165, 1.54) is 55.6 Å². The first-order valence-corrected chi connectivity index (χ1v) is 15.6. The third-order valence-electron chi connectivity index (χ3n) is 8.12. The molecule has 1 saturated heterocycles. The number of halogens is 4. The highest BCUT2D eigenvalue weighted by molar-refractivity contribution is 6.31.